The number of aromatic hydroxyl groups is 1. The van der Waals surface area contributed by atoms with Gasteiger partial charge < -0.3 is 25.5 Å². The lowest BCUT2D eigenvalue weighted by Crippen LogP contribution is -2.50. The molecule has 2 unspecified atom stereocenters. The van der Waals surface area contributed by atoms with Crippen molar-refractivity contribution >= 4 is 22.8 Å². The van der Waals surface area contributed by atoms with Crippen molar-refractivity contribution in [3.8, 4) is 17.0 Å². The predicted octanol–water partition coefficient (Wildman–Crippen LogP) is 2.98. The van der Waals surface area contributed by atoms with Crippen LogP contribution in [0.25, 0.3) is 22.3 Å². The molecule has 3 N–H and O–H groups in total. The molecule has 180 valence electrons. The standard InChI is InChI=1S/C24H29F2N7O/c1-14-12-27-8-10-33(14)23-16-11-18(26)21(20-17(25)6-3-7-19(20)34)29-22(16)30-24(31-23)28-13-15-5-4-9-32(15)2/h3,6-7,11,14-15,27,34H,4-5,8-10,12-13H2,1-2H3,(H,28,29,30,31). The van der Waals surface area contributed by atoms with Crippen LogP contribution in [-0.4, -0.2) is 76.8 Å². The van der Waals surface area contributed by atoms with Gasteiger partial charge in [0, 0.05) is 38.3 Å². The number of rotatable bonds is 5. The number of nitrogens with one attached hydrogen (secondary N) is 2. The molecule has 5 rings (SSSR count). The van der Waals surface area contributed by atoms with Gasteiger partial charge in [-0.05, 0) is 51.6 Å². The molecule has 8 nitrogen and oxygen atoms in total. The van der Waals surface area contributed by atoms with Gasteiger partial charge in [-0.15, -0.1) is 0 Å². The van der Waals surface area contributed by atoms with Crippen LogP contribution in [0.3, 0.4) is 0 Å². The summed E-state index contributed by atoms with van der Waals surface area (Å²) in [5.41, 5.74) is -0.306. The molecule has 4 heterocycles. The van der Waals surface area contributed by atoms with Crippen molar-refractivity contribution in [2.45, 2.75) is 31.8 Å². The fourth-order valence-electron chi connectivity index (χ4n) is 4.84. The van der Waals surface area contributed by atoms with E-state index < -0.39 is 11.6 Å². The summed E-state index contributed by atoms with van der Waals surface area (Å²) in [4.78, 5) is 18.1. The summed E-state index contributed by atoms with van der Waals surface area (Å²) >= 11 is 0. The normalized spacial score (nSPS) is 21.4. The zero-order chi connectivity index (χ0) is 23.8. The van der Waals surface area contributed by atoms with Gasteiger partial charge in [-0.1, -0.05) is 6.07 Å². The van der Waals surface area contributed by atoms with Gasteiger partial charge in [0.1, 0.15) is 23.1 Å². The Morgan fingerprint density at radius 3 is 2.76 bits per heavy atom. The van der Waals surface area contributed by atoms with Crippen LogP contribution in [0.5, 0.6) is 5.75 Å². The maximum Gasteiger partial charge on any atom is 0.226 e. The molecule has 0 spiro atoms. The van der Waals surface area contributed by atoms with Crippen molar-refractivity contribution in [3.05, 3.63) is 35.9 Å². The van der Waals surface area contributed by atoms with E-state index in [-0.39, 0.29) is 28.7 Å². The Bertz CT molecular complexity index is 1190. The third-order valence-electron chi connectivity index (χ3n) is 6.79. The molecule has 0 saturated carbocycles. The van der Waals surface area contributed by atoms with Gasteiger partial charge in [0.25, 0.3) is 0 Å². The molecule has 0 amide bonds. The monoisotopic (exact) mass is 469 g/mol. The molecule has 2 fully saturated rings. The van der Waals surface area contributed by atoms with E-state index in [1.165, 1.54) is 24.3 Å². The lowest BCUT2D eigenvalue weighted by molar-refractivity contribution is 0.322. The highest BCUT2D eigenvalue weighted by Gasteiger charge is 2.26. The highest BCUT2D eigenvalue weighted by molar-refractivity contribution is 5.90. The number of pyridine rings is 1. The number of aromatic nitrogens is 3. The highest BCUT2D eigenvalue weighted by atomic mass is 19.1. The van der Waals surface area contributed by atoms with Crippen LogP contribution in [-0.2, 0) is 0 Å². The second-order valence-corrected chi connectivity index (χ2v) is 9.10. The van der Waals surface area contributed by atoms with E-state index in [9.17, 15) is 9.50 Å². The number of fused-ring (bicyclic) bond motifs is 1. The number of likely N-dealkylation sites (tertiary alicyclic amines) is 1. The van der Waals surface area contributed by atoms with E-state index in [4.69, 9.17) is 4.98 Å². The summed E-state index contributed by atoms with van der Waals surface area (Å²) in [5.74, 6) is -0.876. The van der Waals surface area contributed by atoms with Crippen LogP contribution >= 0.6 is 0 Å². The quantitative estimate of drug-likeness (QED) is 0.526. The summed E-state index contributed by atoms with van der Waals surface area (Å²) in [6.07, 6.45) is 2.25. The first kappa shape index (κ1) is 22.7. The predicted molar refractivity (Wildman–Crippen MR) is 128 cm³/mol. The van der Waals surface area contributed by atoms with Crippen LogP contribution in [0, 0.1) is 11.6 Å². The van der Waals surface area contributed by atoms with E-state index in [2.05, 4.69) is 44.4 Å². The van der Waals surface area contributed by atoms with Crippen molar-refractivity contribution in [2.75, 3.05) is 50.0 Å². The number of phenols is 1. The van der Waals surface area contributed by atoms with E-state index in [0.717, 1.165) is 32.5 Å². The number of piperazine rings is 1. The molecule has 2 atom stereocenters. The number of hydrogen-bond donors (Lipinski definition) is 3. The SMILES string of the molecule is CC1CNCCN1c1nc(NCC2CCCN2C)nc2nc(-c3c(O)cccc3F)c(F)cc12. The van der Waals surface area contributed by atoms with E-state index in [1.54, 1.807) is 0 Å². The largest absolute Gasteiger partial charge is 0.507 e. The zero-order valence-corrected chi connectivity index (χ0v) is 19.4. The second-order valence-electron chi connectivity index (χ2n) is 9.10. The summed E-state index contributed by atoms with van der Waals surface area (Å²) in [7, 11) is 2.10. The summed E-state index contributed by atoms with van der Waals surface area (Å²) in [5, 5.41) is 17.4. The Morgan fingerprint density at radius 2 is 2.03 bits per heavy atom. The van der Waals surface area contributed by atoms with Crippen LogP contribution in [0.2, 0.25) is 0 Å². The van der Waals surface area contributed by atoms with E-state index >= 15 is 4.39 Å². The van der Waals surface area contributed by atoms with Crippen LogP contribution in [0.4, 0.5) is 20.5 Å². The molecule has 2 aromatic heterocycles. The molecule has 0 radical (unpaired) electrons. The lowest BCUT2D eigenvalue weighted by atomic mass is 10.1. The molecular formula is C24H29F2N7O. The third-order valence-corrected chi connectivity index (χ3v) is 6.79. The van der Waals surface area contributed by atoms with Crippen molar-refractivity contribution < 1.29 is 13.9 Å². The topological polar surface area (TPSA) is 89.4 Å². The molecular weight excluding hydrogens is 440 g/mol. The summed E-state index contributed by atoms with van der Waals surface area (Å²) < 4.78 is 29.8. The Hall–Kier alpha value is -3.11. The zero-order valence-electron chi connectivity index (χ0n) is 19.4. The van der Waals surface area contributed by atoms with Gasteiger partial charge in [0.05, 0.1) is 10.9 Å². The number of phenolic OH excluding ortho intramolecular Hbond substituents is 1. The maximum atomic E-state index is 15.3. The molecule has 2 aliphatic rings. The fraction of sp³-hybridized carbons (Fsp3) is 0.458. The highest BCUT2D eigenvalue weighted by Crippen LogP contribution is 2.35. The Labute approximate surface area is 197 Å². The molecule has 2 aliphatic heterocycles. The first-order chi connectivity index (χ1) is 16.4. The molecule has 34 heavy (non-hydrogen) atoms. The number of benzene rings is 1. The number of anilines is 2. The molecule has 0 aliphatic carbocycles. The van der Waals surface area contributed by atoms with Crippen LogP contribution < -0.4 is 15.5 Å². The van der Waals surface area contributed by atoms with Gasteiger partial charge in [0.15, 0.2) is 11.5 Å². The van der Waals surface area contributed by atoms with Crippen molar-refractivity contribution in [2.24, 2.45) is 0 Å². The summed E-state index contributed by atoms with van der Waals surface area (Å²) in [6.45, 7) is 6.08. The summed E-state index contributed by atoms with van der Waals surface area (Å²) in [6, 6.07) is 5.65. The van der Waals surface area contributed by atoms with Crippen molar-refractivity contribution in [1.29, 1.82) is 0 Å². The molecule has 0 bridgehead atoms. The second kappa shape index (κ2) is 9.27. The van der Waals surface area contributed by atoms with Gasteiger partial charge in [0.2, 0.25) is 5.95 Å². The van der Waals surface area contributed by atoms with Crippen molar-refractivity contribution in [3.63, 3.8) is 0 Å². The minimum absolute atomic E-state index is 0.138. The number of halogens is 2. The van der Waals surface area contributed by atoms with E-state index in [0.29, 0.717) is 36.3 Å². The van der Waals surface area contributed by atoms with E-state index in [1.807, 2.05) is 0 Å². The van der Waals surface area contributed by atoms with Crippen LogP contribution in [0.15, 0.2) is 24.3 Å². The first-order valence-electron chi connectivity index (χ1n) is 11.7. The Kier molecular flexibility index (Phi) is 6.18. The van der Waals surface area contributed by atoms with Gasteiger partial charge in [-0.25, -0.2) is 13.8 Å². The molecule has 10 heteroatoms. The maximum absolute atomic E-state index is 15.3. The van der Waals surface area contributed by atoms with Gasteiger partial charge in [-0.2, -0.15) is 9.97 Å². The number of nitrogens with zero attached hydrogens (tertiary/aromatic N) is 5. The first-order valence-corrected chi connectivity index (χ1v) is 11.7. The number of likely N-dealkylation sites (N-methyl/N-ethyl adjacent to an activating group) is 1. The number of hydrogen-bond acceptors (Lipinski definition) is 8. The molecule has 3 aromatic rings. The van der Waals surface area contributed by atoms with Gasteiger partial charge >= 0.3 is 0 Å². The Morgan fingerprint density at radius 1 is 1.18 bits per heavy atom. The average Bonchev–Trinajstić information content (AvgIpc) is 3.22. The smallest absolute Gasteiger partial charge is 0.226 e. The average molecular weight is 470 g/mol. The lowest BCUT2D eigenvalue weighted by Gasteiger charge is -2.35. The Balaban J connectivity index is 1.61. The fourth-order valence-corrected chi connectivity index (χ4v) is 4.84. The van der Waals surface area contributed by atoms with Gasteiger partial charge in [-0.3, -0.25) is 0 Å². The third kappa shape index (κ3) is 4.23. The van der Waals surface area contributed by atoms with Crippen molar-refractivity contribution in [1.82, 2.24) is 25.2 Å². The molecule has 2 saturated heterocycles. The van der Waals surface area contributed by atoms with Crippen LogP contribution in [0.1, 0.15) is 19.8 Å². The minimum Gasteiger partial charge on any atom is -0.507 e. The molecule has 1 aromatic carbocycles. The minimum atomic E-state index is -0.752.